The monoisotopic (exact) mass is 325 g/mol. The maximum absolute atomic E-state index is 5.66. The Hall–Kier alpha value is -1.69. The van der Waals surface area contributed by atoms with E-state index < -0.39 is 0 Å². The van der Waals surface area contributed by atoms with Gasteiger partial charge in [0.15, 0.2) is 11.5 Å². The van der Waals surface area contributed by atoms with Crippen LogP contribution in [-0.2, 0) is 6.42 Å². The van der Waals surface area contributed by atoms with Crippen LogP contribution in [-0.4, -0.2) is 24.4 Å². The molecule has 0 atom stereocenters. The zero-order chi connectivity index (χ0) is 14.0. The molecule has 0 aliphatic carbocycles. The molecule has 1 heterocycles. The van der Waals surface area contributed by atoms with Crippen LogP contribution in [0.15, 0.2) is 16.6 Å². The lowest BCUT2D eigenvalue weighted by molar-refractivity contribution is 0.353. The molecule has 5 nitrogen and oxygen atoms in total. The van der Waals surface area contributed by atoms with E-state index in [1.807, 2.05) is 6.07 Å². The highest BCUT2D eigenvalue weighted by Crippen LogP contribution is 2.43. The van der Waals surface area contributed by atoms with Crippen molar-refractivity contribution in [2.24, 2.45) is 0 Å². The smallest absolute Gasteiger partial charge is 0.175 e. The normalized spacial score (nSPS) is 10.5. The Balaban J connectivity index is 2.69. The molecule has 6 heteroatoms. The van der Waals surface area contributed by atoms with Crippen molar-refractivity contribution in [3.63, 3.8) is 0 Å². The molecule has 0 radical (unpaired) electrons. The van der Waals surface area contributed by atoms with Gasteiger partial charge >= 0.3 is 0 Å². The summed E-state index contributed by atoms with van der Waals surface area (Å²) in [6.07, 6.45) is 0.842. The highest BCUT2D eigenvalue weighted by atomic mass is 79.9. The van der Waals surface area contributed by atoms with E-state index in [1.54, 1.807) is 20.3 Å². The number of methoxy groups -OCH3 is 2. The van der Waals surface area contributed by atoms with Gasteiger partial charge in [-0.25, -0.2) is 0 Å². The minimum Gasteiger partial charge on any atom is -0.493 e. The maximum Gasteiger partial charge on any atom is 0.175 e. The van der Waals surface area contributed by atoms with Crippen LogP contribution in [0.25, 0.3) is 11.3 Å². The van der Waals surface area contributed by atoms with Crippen molar-refractivity contribution in [2.75, 3.05) is 20.0 Å². The van der Waals surface area contributed by atoms with E-state index in [0.29, 0.717) is 17.3 Å². The topological polar surface area (TPSA) is 73.2 Å². The third-order valence-electron chi connectivity index (χ3n) is 2.95. The highest BCUT2D eigenvalue weighted by Gasteiger charge is 2.18. The van der Waals surface area contributed by atoms with E-state index in [9.17, 15) is 0 Å². The molecule has 0 fully saturated rings. The van der Waals surface area contributed by atoms with Gasteiger partial charge in [-0.3, -0.25) is 5.10 Å². The molecule has 0 saturated carbocycles. The summed E-state index contributed by atoms with van der Waals surface area (Å²) in [6.45, 7) is 2.08. The molecule has 0 amide bonds. The summed E-state index contributed by atoms with van der Waals surface area (Å²) >= 11 is 3.58. The number of hydrogen-bond acceptors (Lipinski definition) is 4. The zero-order valence-electron chi connectivity index (χ0n) is 11.1. The first-order valence-electron chi connectivity index (χ1n) is 5.86. The molecule has 0 saturated heterocycles. The van der Waals surface area contributed by atoms with Gasteiger partial charge in [-0.05, 0) is 34.0 Å². The lowest BCUT2D eigenvalue weighted by Crippen LogP contribution is -1.98. The van der Waals surface area contributed by atoms with Crippen LogP contribution in [0.5, 0.6) is 11.5 Å². The minimum atomic E-state index is 0.461. The summed E-state index contributed by atoms with van der Waals surface area (Å²) in [5.74, 6) is 1.81. The van der Waals surface area contributed by atoms with Crippen LogP contribution in [0.3, 0.4) is 0 Å². The van der Waals surface area contributed by atoms with Crippen molar-refractivity contribution in [3.8, 4) is 22.8 Å². The van der Waals surface area contributed by atoms with E-state index in [0.717, 1.165) is 27.7 Å². The number of rotatable bonds is 4. The Morgan fingerprint density at radius 2 is 2.05 bits per heavy atom. The van der Waals surface area contributed by atoms with Crippen molar-refractivity contribution < 1.29 is 9.47 Å². The van der Waals surface area contributed by atoms with Crippen molar-refractivity contribution in [1.29, 1.82) is 0 Å². The summed E-state index contributed by atoms with van der Waals surface area (Å²) < 4.78 is 11.6. The van der Waals surface area contributed by atoms with Crippen LogP contribution in [0, 0.1) is 0 Å². The molecule has 0 unspecified atom stereocenters. The first-order chi connectivity index (χ1) is 9.12. The van der Waals surface area contributed by atoms with Crippen LogP contribution >= 0.6 is 15.9 Å². The summed E-state index contributed by atoms with van der Waals surface area (Å²) in [4.78, 5) is 0. The van der Waals surface area contributed by atoms with Gasteiger partial charge < -0.3 is 15.2 Å². The fourth-order valence-corrected chi connectivity index (χ4v) is 2.90. The third-order valence-corrected chi connectivity index (χ3v) is 3.79. The van der Waals surface area contributed by atoms with Crippen molar-refractivity contribution >= 4 is 21.7 Å². The van der Waals surface area contributed by atoms with Gasteiger partial charge in [-0.1, -0.05) is 6.92 Å². The van der Waals surface area contributed by atoms with E-state index in [4.69, 9.17) is 15.2 Å². The van der Waals surface area contributed by atoms with Crippen molar-refractivity contribution in [1.82, 2.24) is 10.2 Å². The minimum absolute atomic E-state index is 0.461. The summed E-state index contributed by atoms with van der Waals surface area (Å²) in [7, 11) is 3.23. The molecule has 0 bridgehead atoms. The summed E-state index contributed by atoms with van der Waals surface area (Å²) in [5, 5.41) is 6.88. The Morgan fingerprint density at radius 3 is 2.53 bits per heavy atom. The first-order valence-corrected chi connectivity index (χ1v) is 6.66. The van der Waals surface area contributed by atoms with Crippen LogP contribution in [0.2, 0.25) is 0 Å². The van der Waals surface area contributed by atoms with Gasteiger partial charge in [0.25, 0.3) is 0 Å². The molecule has 1 aromatic carbocycles. The number of nitrogen functional groups attached to an aromatic ring is 1. The Bertz CT molecular complexity index is 596. The van der Waals surface area contributed by atoms with Gasteiger partial charge in [0.05, 0.1) is 24.4 Å². The molecule has 102 valence electrons. The predicted molar refractivity (Wildman–Crippen MR) is 78.6 cm³/mol. The van der Waals surface area contributed by atoms with Crippen LogP contribution < -0.4 is 15.2 Å². The number of nitrogens with two attached hydrogens (primary N) is 1. The van der Waals surface area contributed by atoms with Gasteiger partial charge in [0, 0.05) is 11.6 Å². The number of aromatic nitrogens is 2. The molecule has 1 aromatic heterocycles. The number of benzene rings is 1. The van der Waals surface area contributed by atoms with Gasteiger partial charge in [-0.15, -0.1) is 0 Å². The van der Waals surface area contributed by atoms with Crippen LogP contribution in [0.4, 0.5) is 5.82 Å². The molecule has 0 aliphatic rings. The zero-order valence-corrected chi connectivity index (χ0v) is 12.7. The average Bonchev–Trinajstić information content (AvgIpc) is 2.84. The number of aromatic amines is 1. The van der Waals surface area contributed by atoms with Gasteiger partial charge in [-0.2, -0.15) is 5.10 Å². The fourth-order valence-electron chi connectivity index (χ4n) is 2.05. The van der Waals surface area contributed by atoms with Gasteiger partial charge in [0.2, 0.25) is 0 Å². The predicted octanol–water partition coefficient (Wildman–Crippen LogP) is 3.00. The van der Waals surface area contributed by atoms with Crippen molar-refractivity contribution in [3.05, 3.63) is 22.2 Å². The van der Waals surface area contributed by atoms with E-state index in [2.05, 4.69) is 33.1 Å². The number of ether oxygens (including phenoxy) is 2. The molecule has 2 rings (SSSR count). The number of halogens is 1. The second kappa shape index (κ2) is 5.52. The Morgan fingerprint density at radius 1 is 1.32 bits per heavy atom. The first kappa shape index (κ1) is 13.7. The second-order valence-electron chi connectivity index (χ2n) is 4.01. The van der Waals surface area contributed by atoms with Gasteiger partial charge in [0.1, 0.15) is 5.82 Å². The fraction of sp³-hybridized carbons (Fsp3) is 0.308. The van der Waals surface area contributed by atoms with E-state index in [-0.39, 0.29) is 0 Å². The lowest BCUT2D eigenvalue weighted by Gasteiger charge is -2.16. The molecule has 19 heavy (non-hydrogen) atoms. The lowest BCUT2D eigenvalue weighted by atomic mass is 10.0. The number of H-pyrrole nitrogens is 1. The SMILES string of the molecule is CCc1c(-c2cc(N)n[nH]2)cc(OC)c(OC)c1Br. The van der Waals surface area contributed by atoms with E-state index in [1.165, 1.54) is 0 Å². The average molecular weight is 326 g/mol. The van der Waals surface area contributed by atoms with E-state index >= 15 is 0 Å². The number of anilines is 1. The van der Waals surface area contributed by atoms with Crippen LogP contribution in [0.1, 0.15) is 12.5 Å². The Kier molecular flexibility index (Phi) is 3.99. The molecule has 2 aromatic rings. The summed E-state index contributed by atoms with van der Waals surface area (Å²) in [5.41, 5.74) is 8.63. The largest absolute Gasteiger partial charge is 0.493 e. The highest BCUT2D eigenvalue weighted by molar-refractivity contribution is 9.10. The molecular weight excluding hydrogens is 310 g/mol. The maximum atomic E-state index is 5.66. The number of nitrogens with one attached hydrogen (secondary N) is 1. The molecule has 0 spiro atoms. The Labute approximate surface area is 120 Å². The second-order valence-corrected chi connectivity index (χ2v) is 4.81. The number of hydrogen-bond donors (Lipinski definition) is 2. The number of nitrogens with zero attached hydrogens (tertiary/aromatic N) is 1. The van der Waals surface area contributed by atoms with Crippen molar-refractivity contribution in [2.45, 2.75) is 13.3 Å². The summed E-state index contributed by atoms with van der Waals surface area (Å²) in [6, 6.07) is 3.72. The molecule has 3 N–H and O–H groups in total. The molecular formula is C13H16BrN3O2. The quantitative estimate of drug-likeness (QED) is 0.906. The standard InChI is InChI=1S/C13H16BrN3O2/c1-4-7-8(9-6-11(15)17-16-9)5-10(18-2)13(19-3)12(7)14/h5-6H,4H2,1-3H3,(H3,15,16,17). The third kappa shape index (κ3) is 2.40. The molecule has 0 aliphatic heterocycles.